The van der Waals surface area contributed by atoms with Gasteiger partial charge in [0.05, 0.1) is 6.10 Å². The molecule has 2 fully saturated rings. The average molecular weight is 397 g/mol. The number of rotatable bonds is 7. The van der Waals surface area contributed by atoms with Crippen molar-refractivity contribution in [1.29, 1.82) is 0 Å². The van der Waals surface area contributed by atoms with E-state index in [-0.39, 0.29) is 11.9 Å². The van der Waals surface area contributed by atoms with E-state index in [1.54, 1.807) is 0 Å². The number of imide groups is 1. The Bertz CT molecular complexity index is 752. The highest BCUT2D eigenvalue weighted by Gasteiger charge is 2.49. The summed E-state index contributed by atoms with van der Waals surface area (Å²) in [5.74, 6) is -1.14. The number of alkyl halides is 2. The Kier molecular flexibility index (Phi) is 5.78. The summed E-state index contributed by atoms with van der Waals surface area (Å²) >= 11 is 0. The van der Waals surface area contributed by atoms with Gasteiger partial charge in [-0.25, -0.2) is 4.79 Å². The molecular weight excluding hydrogens is 376 g/mol. The summed E-state index contributed by atoms with van der Waals surface area (Å²) in [4.78, 5) is 38.0. The highest BCUT2D eigenvalue weighted by molar-refractivity contribution is 6.09. The second-order valence-corrected chi connectivity index (χ2v) is 6.79. The lowest BCUT2D eigenvalue weighted by atomic mass is 9.92. The highest BCUT2D eigenvalue weighted by Crippen LogP contribution is 2.30. The molecule has 0 radical (unpaired) electrons. The number of urea groups is 1. The molecule has 0 saturated carbocycles. The van der Waals surface area contributed by atoms with Crippen molar-refractivity contribution in [3.63, 3.8) is 0 Å². The van der Waals surface area contributed by atoms with Gasteiger partial charge in [0, 0.05) is 13.2 Å². The van der Waals surface area contributed by atoms with Gasteiger partial charge in [0.2, 0.25) is 5.91 Å². The van der Waals surface area contributed by atoms with Crippen LogP contribution in [0.4, 0.5) is 13.6 Å². The molecule has 3 rings (SSSR count). The number of ether oxygens (including phenoxy) is 2. The highest BCUT2D eigenvalue weighted by atomic mass is 19.3. The molecule has 0 aromatic heterocycles. The summed E-state index contributed by atoms with van der Waals surface area (Å²) in [5.41, 5.74) is -1.02. The van der Waals surface area contributed by atoms with Gasteiger partial charge >= 0.3 is 12.6 Å². The third-order valence-corrected chi connectivity index (χ3v) is 4.78. The van der Waals surface area contributed by atoms with Crippen LogP contribution in [0.1, 0.15) is 25.3 Å². The molecule has 152 valence electrons. The molecule has 0 spiro atoms. The van der Waals surface area contributed by atoms with Gasteiger partial charge in [-0.15, -0.1) is 0 Å². The van der Waals surface area contributed by atoms with Gasteiger partial charge in [-0.3, -0.25) is 14.5 Å². The van der Waals surface area contributed by atoms with E-state index in [2.05, 4.69) is 15.4 Å². The van der Waals surface area contributed by atoms with E-state index in [9.17, 15) is 23.2 Å². The summed E-state index contributed by atoms with van der Waals surface area (Å²) in [6, 6.07) is 4.69. The van der Waals surface area contributed by atoms with Gasteiger partial charge < -0.3 is 20.1 Å². The number of hydrogen-bond acceptors (Lipinski definition) is 5. The predicted octanol–water partition coefficient (Wildman–Crippen LogP) is 1.35. The lowest BCUT2D eigenvalue weighted by Crippen LogP contribution is -2.44. The lowest BCUT2D eigenvalue weighted by molar-refractivity contribution is -0.134. The minimum Gasteiger partial charge on any atom is -0.435 e. The number of amides is 4. The molecule has 2 saturated heterocycles. The van der Waals surface area contributed by atoms with Crippen molar-refractivity contribution >= 4 is 17.8 Å². The van der Waals surface area contributed by atoms with E-state index in [0.29, 0.717) is 18.7 Å². The SMILES string of the molecule is C[C@@]1(c2ccc(OC(F)F)cc2)NC(=O)N(CC(=O)NC[C@@H]2CCCO2)C1=O. The van der Waals surface area contributed by atoms with Gasteiger partial charge in [-0.1, -0.05) is 12.1 Å². The van der Waals surface area contributed by atoms with Crippen molar-refractivity contribution in [2.45, 2.75) is 38.0 Å². The Labute approximate surface area is 160 Å². The molecule has 2 N–H and O–H groups in total. The molecule has 2 aliphatic heterocycles. The molecule has 8 nitrogen and oxygen atoms in total. The molecule has 4 amide bonds. The van der Waals surface area contributed by atoms with Crippen LogP contribution in [0.5, 0.6) is 5.75 Å². The summed E-state index contributed by atoms with van der Waals surface area (Å²) < 4.78 is 34.2. The third-order valence-electron chi connectivity index (χ3n) is 4.78. The summed E-state index contributed by atoms with van der Waals surface area (Å²) in [5, 5.41) is 5.21. The van der Waals surface area contributed by atoms with Gasteiger partial charge in [-0.05, 0) is 37.5 Å². The first-order valence-electron chi connectivity index (χ1n) is 8.87. The molecule has 2 atom stereocenters. The van der Waals surface area contributed by atoms with Crippen molar-refractivity contribution in [1.82, 2.24) is 15.5 Å². The number of nitrogens with one attached hydrogen (secondary N) is 2. The molecule has 0 unspecified atom stereocenters. The molecule has 1 aromatic rings. The van der Waals surface area contributed by atoms with Gasteiger partial charge in [0.25, 0.3) is 5.91 Å². The Morgan fingerprint density at radius 1 is 1.39 bits per heavy atom. The van der Waals surface area contributed by atoms with Crippen LogP contribution in [-0.4, -0.2) is 55.2 Å². The molecule has 10 heteroatoms. The third kappa shape index (κ3) is 4.22. The maximum absolute atomic E-state index is 12.8. The van der Waals surface area contributed by atoms with Crippen molar-refractivity contribution in [3.8, 4) is 5.75 Å². The molecule has 2 aliphatic rings. The lowest BCUT2D eigenvalue weighted by Gasteiger charge is -2.22. The Morgan fingerprint density at radius 2 is 2.11 bits per heavy atom. The van der Waals surface area contributed by atoms with E-state index in [1.165, 1.54) is 31.2 Å². The largest absolute Gasteiger partial charge is 0.435 e. The van der Waals surface area contributed by atoms with Crippen LogP contribution in [0.2, 0.25) is 0 Å². The van der Waals surface area contributed by atoms with E-state index in [4.69, 9.17) is 4.74 Å². The first-order valence-corrected chi connectivity index (χ1v) is 8.87. The zero-order chi connectivity index (χ0) is 20.3. The van der Waals surface area contributed by atoms with Crippen LogP contribution < -0.4 is 15.4 Å². The average Bonchev–Trinajstić information content (AvgIpc) is 3.23. The molecule has 28 heavy (non-hydrogen) atoms. The second kappa shape index (κ2) is 8.09. The van der Waals surface area contributed by atoms with Gasteiger partial charge in [-0.2, -0.15) is 8.78 Å². The Balaban J connectivity index is 1.63. The number of carbonyl (C=O) groups excluding carboxylic acids is 3. The fourth-order valence-electron chi connectivity index (χ4n) is 3.24. The van der Waals surface area contributed by atoms with Crippen LogP contribution in [-0.2, 0) is 19.9 Å². The predicted molar refractivity (Wildman–Crippen MR) is 92.7 cm³/mol. The number of halogens is 2. The van der Waals surface area contributed by atoms with E-state index in [1.807, 2.05) is 0 Å². The zero-order valence-electron chi connectivity index (χ0n) is 15.2. The molecule has 0 bridgehead atoms. The Hall–Kier alpha value is -2.75. The minimum atomic E-state index is -2.96. The number of hydrogen-bond donors (Lipinski definition) is 2. The standard InChI is InChI=1S/C18H21F2N3O5/c1-18(11-4-6-12(7-5-11)28-16(19)20)15(25)23(17(26)22-18)10-14(24)21-9-13-3-2-8-27-13/h4-7,13,16H,2-3,8-10H2,1H3,(H,21,24)(H,22,26)/t13-,18-/m0/s1. The quantitative estimate of drug-likeness (QED) is 0.677. The number of benzene rings is 1. The summed E-state index contributed by atoms with van der Waals surface area (Å²) in [6.45, 7) is -0.906. The number of carbonyl (C=O) groups is 3. The smallest absolute Gasteiger partial charge is 0.387 e. The first-order chi connectivity index (χ1) is 13.3. The van der Waals surface area contributed by atoms with Crippen LogP contribution in [0.15, 0.2) is 24.3 Å². The molecule has 0 aliphatic carbocycles. The first kappa shape index (κ1) is 20.0. The second-order valence-electron chi connectivity index (χ2n) is 6.79. The van der Waals surface area contributed by atoms with Crippen molar-refractivity contribution in [2.24, 2.45) is 0 Å². The summed E-state index contributed by atoms with van der Waals surface area (Å²) in [7, 11) is 0. The van der Waals surface area contributed by atoms with Gasteiger partial charge in [0.15, 0.2) is 0 Å². The fraction of sp³-hybridized carbons (Fsp3) is 0.500. The van der Waals surface area contributed by atoms with E-state index >= 15 is 0 Å². The van der Waals surface area contributed by atoms with Crippen LogP contribution in [0, 0.1) is 0 Å². The van der Waals surface area contributed by atoms with E-state index in [0.717, 1.165) is 17.7 Å². The molecule has 2 heterocycles. The van der Waals surface area contributed by atoms with Crippen molar-refractivity contribution in [3.05, 3.63) is 29.8 Å². The zero-order valence-corrected chi connectivity index (χ0v) is 15.2. The monoisotopic (exact) mass is 397 g/mol. The van der Waals surface area contributed by atoms with Crippen LogP contribution in [0.3, 0.4) is 0 Å². The Morgan fingerprint density at radius 3 is 2.71 bits per heavy atom. The van der Waals surface area contributed by atoms with Crippen LogP contribution in [0.25, 0.3) is 0 Å². The topological polar surface area (TPSA) is 97.0 Å². The maximum atomic E-state index is 12.8. The van der Waals surface area contributed by atoms with Crippen molar-refractivity contribution in [2.75, 3.05) is 19.7 Å². The fourth-order valence-corrected chi connectivity index (χ4v) is 3.24. The van der Waals surface area contributed by atoms with E-state index < -0.39 is 36.5 Å². The van der Waals surface area contributed by atoms with Crippen LogP contribution >= 0.6 is 0 Å². The van der Waals surface area contributed by atoms with Crippen molar-refractivity contribution < 1.29 is 32.6 Å². The molecular formula is C18H21F2N3O5. The maximum Gasteiger partial charge on any atom is 0.387 e. The summed E-state index contributed by atoms with van der Waals surface area (Å²) in [6.07, 6.45) is 1.74. The van der Waals surface area contributed by atoms with Gasteiger partial charge in [0.1, 0.15) is 17.8 Å². The number of nitrogens with zero attached hydrogens (tertiary/aromatic N) is 1. The minimum absolute atomic E-state index is 0.0497. The normalized spacial score (nSPS) is 24.6. The molecule has 1 aromatic carbocycles.